The Morgan fingerprint density at radius 1 is 1.55 bits per heavy atom. The fraction of sp³-hybridized carbons (Fsp3) is 0.231. The molecule has 0 aliphatic rings. The number of nitrogens with one attached hydrogen (secondary N) is 1. The van der Waals surface area contributed by atoms with Crippen molar-refractivity contribution in [2.75, 3.05) is 11.1 Å². The van der Waals surface area contributed by atoms with E-state index in [1.807, 2.05) is 6.92 Å². The number of hydrogen-bond acceptors (Lipinski definition) is 3. The molecule has 0 saturated heterocycles. The van der Waals surface area contributed by atoms with Crippen LogP contribution in [0.4, 0.5) is 15.8 Å². The molecule has 0 unspecified atom stereocenters. The van der Waals surface area contributed by atoms with Crippen LogP contribution in [0.2, 0.25) is 0 Å². The monoisotopic (exact) mass is 340 g/mol. The van der Waals surface area contributed by atoms with Crippen molar-refractivity contribution in [2.45, 2.75) is 20.4 Å². The molecule has 0 radical (unpaired) electrons. The van der Waals surface area contributed by atoms with Crippen LogP contribution in [-0.2, 0) is 6.54 Å². The topological polar surface area (TPSA) is 72.9 Å². The Balaban J connectivity index is 2.35. The number of aryl methyl sites for hydroxylation is 2. The predicted molar refractivity (Wildman–Crippen MR) is 79.1 cm³/mol. The van der Waals surface area contributed by atoms with E-state index in [0.29, 0.717) is 28.1 Å². The Bertz CT molecular complexity index is 669. The van der Waals surface area contributed by atoms with Crippen molar-refractivity contribution in [1.29, 1.82) is 0 Å². The first-order chi connectivity index (χ1) is 9.43. The van der Waals surface area contributed by atoms with Gasteiger partial charge in [-0.15, -0.1) is 0 Å². The minimum Gasteiger partial charge on any atom is -0.395 e. The highest BCUT2D eigenvalue weighted by atomic mass is 79.9. The molecule has 1 amide bonds. The molecular formula is C13H14BrFN4O. The lowest BCUT2D eigenvalue weighted by Crippen LogP contribution is -2.19. The van der Waals surface area contributed by atoms with Crippen molar-refractivity contribution in [3.63, 3.8) is 0 Å². The van der Waals surface area contributed by atoms with E-state index in [-0.39, 0.29) is 5.69 Å². The maximum atomic E-state index is 13.2. The summed E-state index contributed by atoms with van der Waals surface area (Å²) in [7, 11) is 0. The number of hydrogen-bond donors (Lipinski definition) is 2. The van der Waals surface area contributed by atoms with E-state index in [9.17, 15) is 9.18 Å². The van der Waals surface area contributed by atoms with Crippen molar-refractivity contribution < 1.29 is 9.18 Å². The van der Waals surface area contributed by atoms with Gasteiger partial charge < -0.3 is 11.1 Å². The second-order valence-electron chi connectivity index (χ2n) is 4.24. The van der Waals surface area contributed by atoms with E-state index < -0.39 is 11.7 Å². The van der Waals surface area contributed by atoms with Crippen LogP contribution in [0.3, 0.4) is 0 Å². The Morgan fingerprint density at radius 2 is 2.25 bits per heavy atom. The fourth-order valence-electron chi connectivity index (χ4n) is 1.84. The number of carbonyl (C=O) groups is 1. The summed E-state index contributed by atoms with van der Waals surface area (Å²) in [5.41, 5.74) is 7.42. The fourth-order valence-corrected chi connectivity index (χ4v) is 2.18. The molecule has 106 valence electrons. The van der Waals surface area contributed by atoms with Gasteiger partial charge in [0, 0.05) is 11.0 Å². The highest BCUT2D eigenvalue weighted by molar-refractivity contribution is 9.10. The van der Waals surface area contributed by atoms with Crippen LogP contribution in [-0.4, -0.2) is 15.7 Å². The number of benzene rings is 1. The molecule has 5 nitrogen and oxygen atoms in total. The first-order valence-electron chi connectivity index (χ1n) is 6.03. The quantitative estimate of drug-likeness (QED) is 0.902. The molecule has 2 aromatic rings. The zero-order valence-corrected chi connectivity index (χ0v) is 12.7. The smallest absolute Gasteiger partial charge is 0.276 e. The standard InChI is InChI=1S/C13H14BrFN4O/c1-3-19-12(11(16)7(2)18-19)13(20)17-10-6-8(15)4-5-9(10)14/h4-6H,3,16H2,1-2H3,(H,17,20). The van der Waals surface area contributed by atoms with Crippen LogP contribution < -0.4 is 11.1 Å². The van der Waals surface area contributed by atoms with E-state index in [1.165, 1.54) is 22.9 Å². The van der Waals surface area contributed by atoms with E-state index in [0.717, 1.165) is 0 Å². The van der Waals surface area contributed by atoms with Crippen molar-refractivity contribution in [3.8, 4) is 0 Å². The number of nitrogens with zero attached hydrogens (tertiary/aromatic N) is 2. The lowest BCUT2D eigenvalue weighted by molar-refractivity contribution is 0.101. The van der Waals surface area contributed by atoms with Crippen LogP contribution in [0.25, 0.3) is 0 Å². The summed E-state index contributed by atoms with van der Waals surface area (Å²) in [4.78, 5) is 12.3. The molecule has 1 aromatic carbocycles. The van der Waals surface area contributed by atoms with Crippen LogP contribution in [0.1, 0.15) is 23.1 Å². The summed E-state index contributed by atoms with van der Waals surface area (Å²) in [6, 6.07) is 4.06. The van der Waals surface area contributed by atoms with Gasteiger partial charge in [-0.3, -0.25) is 9.48 Å². The van der Waals surface area contributed by atoms with E-state index >= 15 is 0 Å². The Kier molecular flexibility index (Phi) is 4.08. The van der Waals surface area contributed by atoms with Crippen LogP contribution in [0.15, 0.2) is 22.7 Å². The van der Waals surface area contributed by atoms with Crippen molar-refractivity contribution in [3.05, 3.63) is 39.9 Å². The summed E-state index contributed by atoms with van der Waals surface area (Å²) < 4.78 is 15.3. The van der Waals surface area contributed by atoms with Gasteiger partial charge in [0.25, 0.3) is 5.91 Å². The van der Waals surface area contributed by atoms with Gasteiger partial charge in [0.2, 0.25) is 0 Å². The van der Waals surface area contributed by atoms with Gasteiger partial charge in [0.1, 0.15) is 11.5 Å². The molecule has 1 heterocycles. The van der Waals surface area contributed by atoms with Crippen LogP contribution >= 0.6 is 15.9 Å². The summed E-state index contributed by atoms with van der Waals surface area (Å²) >= 11 is 3.26. The molecule has 0 aliphatic carbocycles. The lowest BCUT2D eigenvalue weighted by atomic mass is 10.2. The minimum absolute atomic E-state index is 0.279. The minimum atomic E-state index is -0.434. The molecule has 0 fully saturated rings. The number of aromatic nitrogens is 2. The largest absolute Gasteiger partial charge is 0.395 e. The highest BCUT2D eigenvalue weighted by Gasteiger charge is 2.20. The normalized spacial score (nSPS) is 10.6. The maximum Gasteiger partial charge on any atom is 0.276 e. The van der Waals surface area contributed by atoms with Crippen LogP contribution in [0, 0.1) is 12.7 Å². The average molecular weight is 341 g/mol. The highest BCUT2D eigenvalue weighted by Crippen LogP contribution is 2.25. The molecule has 0 atom stereocenters. The zero-order valence-electron chi connectivity index (χ0n) is 11.1. The first kappa shape index (κ1) is 14.5. The van der Waals surface area contributed by atoms with Gasteiger partial charge in [0.05, 0.1) is 17.1 Å². The summed E-state index contributed by atoms with van der Waals surface area (Å²) in [5, 5.41) is 6.81. The third kappa shape index (κ3) is 2.67. The van der Waals surface area contributed by atoms with Gasteiger partial charge in [-0.2, -0.15) is 5.10 Å². The number of rotatable bonds is 3. The molecule has 7 heteroatoms. The number of anilines is 2. The summed E-state index contributed by atoms with van der Waals surface area (Å²) in [6.07, 6.45) is 0. The van der Waals surface area contributed by atoms with Crippen molar-refractivity contribution >= 4 is 33.2 Å². The Morgan fingerprint density at radius 3 is 2.90 bits per heavy atom. The predicted octanol–water partition coefficient (Wildman–Crippen LogP) is 2.95. The van der Waals surface area contributed by atoms with Crippen molar-refractivity contribution in [1.82, 2.24) is 9.78 Å². The first-order valence-corrected chi connectivity index (χ1v) is 6.82. The van der Waals surface area contributed by atoms with E-state index in [2.05, 4.69) is 26.3 Å². The number of carbonyl (C=O) groups excluding carboxylic acids is 1. The third-order valence-electron chi connectivity index (χ3n) is 2.86. The molecule has 0 saturated carbocycles. The zero-order chi connectivity index (χ0) is 14.9. The molecule has 0 aliphatic heterocycles. The summed E-state index contributed by atoms with van der Waals surface area (Å²) in [6.45, 7) is 4.11. The maximum absolute atomic E-state index is 13.2. The molecule has 20 heavy (non-hydrogen) atoms. The average Bonchev–Trinajstić information content (AvgIpc) is 2.69. The number of nitrogen functional groups attached to an aromatic ring is 1. The number of nitrogens with two attached hydrogens (primary N) is 1. The van der Waals surface area contributed by atoms with Gasteiger partial charge in [-0.05, 0) is 48.0 Å². The van der Waals surface area contributed by atoms with Crippen LogP contribution in [0.5, 0.6) is 0 Å². The van der Waals surface area contributed by atoms with Gasteiger partial charge in [-0.25, -0.2) is 4.39 Å². The third-order valence-corrected chi connectivity index (χ3v) is 3.56. The number of halogens is 2. The molecule has 3 N–H and O–H groups in total. The molecule has 2 rings (SSSR count). The molecule has 1 aromatic heterocycles. The Labute approximate surface area is 124 Å². The summed E-state index contributed by atoms with van der Waals surface area (Å²) in [5.74, 6) is -0.854. The Hall–Kier alpha value is -1.89. The second-order valence-corrected chi connectivity index (χ2v) is 5.10. The molecule has 0 spiro atoms. The molecular weight excluding hydrogens is 327 g/mol. The SMILES string of the molecule is CCn1nc(C)c(N)c1C(=O)Nc1cc(F)ccc1Br. The second kappa shape index (κ2) is 5.62. The number of amides is 1. The van der Waals surface area contributed by atoms with Gasteiger partial charge in [-0.1, -0.05) is 0 Å². The van der Waals surface area contributed by atoms with E-state index in [4.69, 9.17) is 5.73 Å². The van der Waals surface area contributed by atoms with Crippen molar-refractivity contribution in [2.24, 2.45) is 0 Å². The molecule has 0 bridgehead atoms. The lowest BCUT2D eigenvalue weighted by Gasteiger charge is -2.09. The van der Waals surface area contributed by atoms with Gasteiger partial charge in [0.15, 0.2) is 0 Å². The van der Waals surface area contributed by atoms with Gasteiger partial charge >= 0.3 is 0 Å². The van der Waals surface area contributed by atoms with E-state index in [1.54, 1.807) is 6.92 Å².